The van der Waals surface area contributed by atoms with Crippen molar-refractivity contribution in [2.45, 2.75) is 19.6 Å². The van der Waals surface area contributed by atoms with Crippen LogP contribution in [0.5, 0.6) is 11.6 Å². The number of hydrogen-bond donors (Lipinski definition) is 1. The number of nitrogens with zero attached hydrogens (tertiary/aromatic N) is 4. The van der Waals surface area contributed by atoms with Gasteiger partial charge in [0.15, 0.2) is 0 Å². The molecule has 4 aromatic rings. The number of aromatic nitrogens is 3. The molecule has 0 saturated heterocycles. The predicted molar refractivity (Wildman–Crippen MR) is 133 cm³/mol. The zero-order chi connectivity index (χ0) is 24.2. The highest BCUT2D eigenvalue weighted by Gasteiger charge is 2.25. The van der Waals surface area contributed by atoms with Crippen LogP contribution in [0.25, 0.3) is 5.69 Å². The second-order valence-corrected chi connectivity index (χ2v) is 8.54. The SMILES string of the molecule is COc1cc(Nc2ccc3c(n2)OC(c2ccccc2)CN(CCF)C3)ccc1-n1cnc(C)c1. The Morgan fingerprint density at radius 3 is 2.74 bits per heavy atom. The molecular formula is C27H28FN5O2. The molecule has 0 aliphatic carbocycles. The number of ether oxygens (including phenoxy) is 2. The monoisotopic (exact) mass is 473 g/mol. The quantitative estimate of drug-likeness (QED) is 0.396. The lowest BCUT2D eigenvalue weighted by atomic mass is 10.1. The number of imidazole rings is 1. The molecule has 0 spiro atoms. The molecule has 0 bridgehead atoms. The van der Waals surface area contributed by atoms with E-state index < -0.39 is 6.67 Å². The number of fused-ring (bicyclic) bond motifs is 1. The first-order chi connectivity index (χ1) is 17.1. The lowest BCUT2D eigenvalue weighted by molar-refractivity contribution is 0.139. The molecule has 1 unspecified atom stereocenters. The number of aryl methyl sites for hydroxylation is 1. The van der Waals surface area contributed by atoms with E-state index in [1.807, 2.05) is 78.4 Å². The molecule has 1 atom stereocenters. The third-order valence-electron chi connectivity index (χ3n) is 6.03. The summed E-state index contributed by atoms with van der Waals surface area (Å²) in [5, 5.41) is 3.35. The zero-order valence-corrected chi connectivity index (χ0v) is 19.8. The number of hydrogen-bond acceptors (Lipinski definition) is 6. The molecule has 180 valence electrons. The molecule has 1 N–H and O–H groups in total. The van der Waals surface area contributed by atoms with Crippen LogP contribution >= 0.6 is 0 Å². The first-order valence-electron chi connectivity index (χ1n) is 11.6. The van der Waals surface area contributed by atoms with Gasteiger partial charge in [-0.15, -0.1) is 0 Å². The van der Waals surface area contributed by atoms with Crippen molar-refractivity contribution < 1.29 is 13.9 Å². The Hall–Kier alpha value is -3.91. The molecule has 1 aliphatic heterocycles. The minimum absolute atomic E-state index is 0.232. The van der Waals surface area contributed by atoms with Gasteiger partial charge in [0, 0.05) is 43.1 Å². The summed E-state index contributed by atoms with van der Waals surface area (Å²) in [5.74, 6) is 1.93. The van der Waals surface area contributed by atoms with E-state index in [1.165, 1.54) is 0 Å². The van der Waals surface area contributed by atoms with Crippen molar-refractivity contribution in [2.24, 2.45) is 0 Å². The molecule has 7 nitrogen and oxygen atoms in total. The minimum Gasteiger partial charge on any atom is -0.494 e. The third-order valence-corrected chi connectivity index (χ3v) is 6.03. The molecule has 2 aromatic carbocycles. The number of benzene rings is 2. The van der Waals surface area contributed by atoms with Crippen molar-refractivity contribution in [3.8, 4) is 17.3 Å². The maximum absolute atomic E-state index is 13.2. The van der Waals surface area contributed by atoms with Crippen LogP contribution in [-0.2, 0) is 6.54 Å². The van der Waals surface area contributed by atoms with Crippen LogP contribution in [0.2, 0.25) is 0 Å². The lowest BCUT2D eigenvalue weighted by Gasteiger charge is -2.22. The Morgan fingerprint density at radius 1 is 1.14 bits per heavy atom. The average molecular weight is 474 g/mol. The predicted octanol–water partition coefficient (Wildman–Crippen LogP) is 5.23. The first-order valence-corrected chi connectivity index (χ1v) is 11.6. The number of methoxy groups -OCH3 is 1. The fraction of sp³-hybridized carbons (Fsp3) is 0.259. The Labute approximate surface area is 204 Å². The molecule has 0 amide bonds. The normalized spacial score (nSPS) is 15.7. The van der Waals surface area contributed by atoms with Crippen molar-refractivity contribution >= 4 is 11.5 Å². The third kappa shape index (κ3) is 5.12. The van der Waals surface area contributed by atoms with E-state index in [9.17, 15) is 4.39 Å². The molecule has 1 aliphatic rings. The van der Waals surface area contributed by atoms with E-state index in [2.05, 4.69) is 15.2 Å². The maximum atomic E-state index is 13.2. The largest absolute Gasteiger partial charge is 0.494 e. The molecule has 5 rings (SSSR count). The van der Waals surface area contributed by atoms with Crippen molar-refractivity contribution in [3.63, 3.8) is 0 Å². The molecule has 0 saturated carbocycles. The van der Waals surface area contributed by atoms with Gasteiger partial charge in [0.2, 0.25) is 5.88 Å². The zero-order valence-electron chi connectivity index (χ0n) is 19.8. The fourth-order valence-electron chi connectivity index (χ4n) is 4.27. The molecule has 0 radical (unpaired) electrons. The van der Waals surface area contributed by atoms with Crippen LogP contribution in [0.3, 0.4) is 0 Å². The van der Waals surface area contributed by atoms with Crippen molar-refractivity contribution in [2.75, 3.05) is 32.2 Å². The molecule has 3 heterocycles. The Kier molecular flexibility index (Phi) is 6.63. The fourth-order valence-corrected chi connectivity index (χ4v) is 4.27. The lowest BCUT2D eigenvalue weighted by Crippen LogP contribution is -2.29. The summed E-state index contributed by atoms with van der Waals surface area (Å²) in [7, 11) is 1.65. The van der Waals surface area contributed by atoms with Gasteiger partial charge in [-0.1, -0.05) is 30.3 Å². The van der Waals surface area contributed by atoms with Gasteiger partial charge in [0.25, 0.3) is 0 Å². The van der Waals surface area contributed by atoms with E-state index in [0.29, 0.717) is 37.1 Å². The van der Waals surface area contributed by atoms with Crippen molar-refractivity contribution in [3.05, 3.63) is 90.0 Å². The molecular weight excluding hydrogens is 445 g/mol. The van der Waals surface area contributed by atoms with E-state index >= 15 is 0 Å². The average Bonchev–Trinajstić information content (AvgIpc) is 3.22. The van der Waals surface area contributed by atoms with Gasteiger partial charge in [-0.2, -0.15) is 4.98 Å². The highest BCUT2D eigenvalue weighted by molar-refractivity contribution is 5.63. The van der Waals surface area contributed by atoms with Crippen LogP contribution in [0.4, 0.5) is 15.9 Å². The Balaban J connectivity index is 1.41. The summed E-state index contributed by atoms with van der Waals surface area (Å²) in [6, 6.07) is 19.8. The van der Waals surface area contributed by atoms with Gasteiger partial charge in [-0.25, -0.2) is 9.37 Å². The second-order valence-electron chi connectivity index (χ2n) is 8.54. The summed E-state index contributed by atoms with van der Waals surface area (Å²) >= 11 is 0. The van der Waals surface area contributed by atoms with Crippen LogP contribution < -0.4 is 14.8 Å². The van der Waals surface area contributed by atoms with Crippen molar-refractivity contribution in [1.82, 2.24) is 19.4 Å². The molecule has 35 heavy (non-hydrogen) atoms. The maximum Gasteiger partial charge on any atom is 0.220 e. The van der Waals surface area contributed by atoms with E-state index in [1.54, 1.807) is 13.4 Å². The summed E-state index contributed by atoms with van der Waals surface area (Å²) in [5.41, 5.74) is 4.64. The number of rotatable bonds is 7. The summed E-state index contributed by atoms with van der Waals surface area (Å²) in [6.07, 6.45) is 3.48. The van der Waals surface area contributed by atoms with E-state index in [0.717, 1.165) is 28.2 Å². The first kappa shape index (κ1) is 22.9. The van der Waals surface area contributed by atoms with Gasteiger partial charge < -0.3 is 19.4 Å². The highest BCUT2D eigenvalue weighted by Crippen LogP contribution is 2.33. The summed E-state index contributed by atoms with van der Waals surface area (Å²) in [6.45, 7) is 3.08. The van der Waals surface area contributed by atoms with Crippen LogP contribution in [-0.4, -0.2) is 46.3 Å². The van der Waals surface area contributed by atoms with E-state index in [4.69, 9.17) is 14.5 Å². The standard InChI is InChI=1S/C27H28FN5O2/c1-19-15-33(18-29-19)23-10-9-22(14-24(23)34-2)30-26-11-8-21-16-32(13-12-28)17-25(35-27(21)31-26)20-6-4-3-5-7-20/h3-11,14-15,18,25H,12-13,16-17H2,1-2H3,(H,30,31). The number of nitrogens with one attached hydrogen (secondary N) is 1. The Morgan fingerprint density at radius 2 is 2.00 bits per heavy atom. The summed E-state index contributed by atoms with van der Waals surface area (Å²) in [4.78, 5) is 11.1. The van der Waals surface area contributed by atoms with E-state index in [-0.39, 0.29) is 6.10 Å². The number of halogens is 1. The Bertz CT molecular complexity index is 1290. The van der Waals surface area contributed by atoms with Crippen LogP contribution in [0.1, 0.15) is 22.9 Å². The highest BCUT2D eigenvalue weighted by atomic mass is 19.1. The van der Waals surface area contributed by atoms with Crippen molar-refractivity contribution in [1.29, 1.82) is 0 Å². The number of pyridine rings is 1. The van der Waals surface area contributed by atoms with Crippen LogP contribution in [0.15, 0.2) is 73.2 Å². The van der Waals surface area contributed by atoms with Gasteiger partial charge >= 0.3 is 0 Å². The molecule has 2 aromatic heterocycles. The molecule has 8 heteroatoms. The number of anilines is 2. The number of alkyl halides is 1. The topological polar surface area (TPSA) is 64.4 Å². The van der Waals surface area contributed by atoms with Gasteiger partial charge in [0.1, 0.15) is 24.3 Å². The minimum atomic E-state index is -0.402. The smallest absolute Gasteiger partial charge is 0.220 e. The van der Waals surface area contributed by atoms with Crippen LogP contribution in [0, 0.1) is 6.92 Å². The van der Waals surface area contributed by atoms with Gasteiger partial charge in [-0.3, -0.25) is 4.90 Å². The van der Waals surface area contributed by atoms with Gasteiger partial charge in [0.05, 0.1) is 24.8 Å². The second kappa shape index (κ2) is 10.1. The summed E-state index contributed by atoms with van der Waals surface area (Å²) < 4.78 is 27.1. The molecule has 0 fully saturated rings. The van der Waals surface area contributed by atoms with Gasteiger partial charge in [-0.05, 0) is 36.8 Å².